The lowest BCUT2D eigenvalue weighted by Crippen LogP contribution is -2.57. The summed E-state index contributed by atoms with van der Waals surface area (Å²) in [5.74, 6) is -1.55. The van der Waals surface area contributed by atoms with Crippen molar-refractivity contribution < 1.29 is 27.5 Å². The van der Waals surface area contributed by atoms with E-state index in [0.717, 1.165) is 12.1 Å². The fourth-order valence-corrected chi connectivity index (χ4v) is 2.68. The van der Waals surface area contributed by atoms with Gasteiger partial charge >= 0.3 is 6.18 Å². The second kappa shape index (κ2) is 6.53. The van der Waals surface area contributed by atoms with Gasteiger partial charge in [-0.15, -0.1) is 0 Å². The summed E-state index contributed by atoms with van der Waals surface area (Å²) in [5, 5.41) is 14.0. The maximum absolute atomic E-state index is 13.5. The number of halogens is 4. The van der Waals surface area contributed by atoms with E-state index in [9.17, 15) is 27.5 Å². The lowest BCUT2D eigenvalue weighted by molar-refractivity contribution is -0.302. The van der Waals surface area contributed by atoms with Crippen LogP contribution in [0.25, 0.3) is 0 Å². The van der Waals surface area contributed by atoms with Crippen molar-refractivity contribution in [3.8, 4) is 0 Å². The highest BCUT2D eigenvalue weighted by Gasteiger charge is 2.63. The maximum Gasteiger partial charge on any atom is 0.438 e. The van der Waals surface area contributed by atoms with Gasteiger partial charge in [-0.05, 0) is 23.3 Å². The van der Waals surface area contributed by atoms with Crippen LogP contribution in [0.4, 0.5) is 17.6 Å². The number of hydrogen-bond acceptors (Lipinski definition) is 3. The molecule has 3 rings (SSSR count). The van der Waals surface area contributed by atoms with Crippen LogP contribution in [0, 0.1) is 5.82 Å². The van der Waals surface area contributed by atoms with Crippen molar-refractivity contribution >= 4 is 11.6 Å². The molecule has 0 saturated carbocycles. The summed E-state index contributed by atoms with van der Waals surface area (Å²) in [7, 11) is 0. The van der Waals surface area contributed by atoms with E-state index in [0.29, 0.717) is 5.56 Å². The summed E-state index contributed by atoms with van der Waals surface area (Å²) in [6.07, 6.45) is -6.38. The number of hydrogen-bond donors (Lipinski definition) is 1. The Morgan fingerprint density at radius 2 is 1.73 bits per heavy atom. The minimum absolute atomic E-state index is 0.0820. The molecule has 0 aliphatic carbocycles. The highest BCUT2D eigenvalue weighted by molar-refractivity contribution is 6.03. The minimum Gasteiger partial charge on any atom is -0.362 e. The molecule has 1 N–H and O–H groups in total. The molecule has 8 heteroatoms. The Morgan fingerprint density at radius 1 is 1.12 bits per heavy atom. The van der Waals surface area contributed by atoms with Crippen LogP contribution in [0.2, 0.25) is 0 Å². The zero-order valence-electron chi connectivity index (χ0n) is 13.4. The van der Waals surface area contributed by atoms with Crippen LogP contribution in [-0.2, 0) is 11.2 Å². The molecule has 0 spiro atoms. The molecule has 0 fully saturated rings. The summed E-state index contributed by atoms with van der Waals surface area (Å²) >= 11 is 0. The zero-order valence-corrected chi connectivity index (χ0v) is 13.4. The smallest absolute Gasteiger partial charge is 0.362 e. The first kappa shape index (κ1) is 18.1. The Balaban J connectivity index is 1.94. The van der Waals surface area contributed by atoms with Crippen LogP contribution in [0.1, 0.15) is 17.5 Å². The summed E-state index contributed by atoms with van der Waals surface area (Å²) in [5.41, 5.74) is -2.90. The number of carbonyl (C=O) groups is 1. The van der Waals surface area contributed by atoms with Crippen LogP contribution in [-0.4, -0.2) is 33.6 Å². The normalized spacial score (nSPS) is 20.2. The lowest BCUT2D eigenvalue weighted by Gasteiger charge is -2.32. The minimum atomic E-state index is -5.11. The quantitative estimate of drug-likeness (QED) is 0.848. The third kappa shape index (κ3) is 3.32. The Morgan fingerprint density at radius 3 is 2.31 bits per heavy atom. The lowest BCUT2D eigenvalue weighted by atomic mass is 10.0. The molecule has 2 aromatic carbocycles. The predicted molar refractivity (Wildman–Crippen MR) is 85.6 cm³/mol. The van der Waals surface area contributed by atoms with E-state index in [2.05, 4.69) is 5.10 Å². The number of carbonyl (C=O) groups excluding carboxylic acids is 1. The van der Waals surface area contributed by atoms with Crippen molar-refractivity contribution in [1.29, 1.82) is 0 Å². The van der Waals surface area contributed by atoms with Gasteiger partial charge in [-0.1, -0.05) is 42.5 Å². The van der Waals surface area contributed by atoms with Crippen LogP contribution in [0.3, 0.4) is 0 Å². The first-order valence-corrected chi connectivity index (χ1v) is 7.70. The Hall–Kier alpha value is -2.74. The molecular formula is C18H14F4N2O2. The molecule has 136 valence electrons. The molecule has 1 aliphatic heterocycles. The Kier molecular flexibility index (Phi) is 4.53. The van der Waals surface area contributed by atoms with Crippen LogP contribution in [0.5, 0.6) is 0 Å². The molecule has 1 atom stereocenters. The van der Waals surface area contributed by atoms with Gasteiger partial charge in [0.15, 0.2) is 0 Å². The number of aliphatic hydroxyl groups is 1. The van der Waals surface area contributed by atoms with Gasteiger partial charge < -0.3 is 5.11 Å². The fourth-order valence-electron chi connectivity index (χ4n) is 2.68. The van der Waals surface area contributed by atoms with E-state index in [1.807, 2.05) is 0 Å². The summed E-state index contributed by atoms with van der Waals surface area (Å²) in [4.78, 5) is 12.4. The maximum atomic E-state index is 13.5. The monoisotopic (exact) mass is 366 g/mol. The molecule has 4 nitrogen and oxygen atoms in total. The van der Waals surface area contributed by atoms with E-state index in [1.54, 1.807) is 30.3 Å². The number of hydrazone groups is 1. The summed E-state index contributed by atoms with van der Waals surface area (Å²) in [6.45, 7) is 0. The van der Waals surface area contributed by atoms with Gasteiger partial charge in [0.2, 0.25) is 5.91 Å². The van der Waals surface area contributed by atoms with Gasteiger partial charge in [-0.3, -0.25) is 4.79 Å². The summed E-state index contributed by atoms with van der Waals surface area (Å²) < 4.78 is 53.4. The molecule has 1 heterocycles. The van der Waals surface area contributed by atoms with E-state index in [4.69, 9.17) is 0 Å². The molecule has 1 unspecified atom stereocenters. The molecule has 2 aromatic rings. The second-order valence-corrected chi connectivity index (χ2v) is 5.91. The topological polar surface area (TPSA) is 52.9 Å². The van der Waals surface area contributed by atoms with Crippen LogP contribution in [0.15, 0.2) is 59.7 Å². The van der Waals surface area contributed by atoms with E-state index >= 15 is 0 Å². The van der Waals surface area contributed by atoms with Crippen molar-refractivity contribution in [3.05, 3.63) is 71.5 Å². The highest BCUT2D eigenvalue weighted by Crippen LogP contribution is 2.41. The summed E-state index contributed by atoms with van der Waals surface area (Å²) in [6, 6.07) is 12.8. The third-order valence-corrected chi connectivity index (χ3v) is 4.05. The first-order valence-electron chi connectivity index (χ1n) is 7.70. The second-order valence-electron chi connectivity index (χ2n) is 5.91. The molecule has 26 heavy (non-hydrogen) atoms. The van der Waals surface area contributed by atoms with Crippen molar-refractivity contribution in [2.45, 2.75) is 24.7 Å². The standard InChI is InChI=1S/C18H14F4N2O2/c19-14-8-6-13(7-9-14)15-11-17(26,18(20,21)22)24(23-15)16(25)10-12-4-2-1-3-5-12/h1-9,26H,10-11H2. The van der Waals surface area contributed by atoms with Gasteiger partial charge in [0.1, 0.15) is 5.82 Å². The average molecular weight is 366 g/mol. The zero-order chi connectivity index (χ0) is 18.9. The van der Waals surface area contributed by atoms with E-state index < -0.39 is 30.0 Å². The average Bonchev–Trinajstić information content (AvgIpc) is 2.95. The van der Waals surface area contributed by atoms with Gasteiger partial charge in [0.05, 0.1) is 18.6 Å². The van der Waals surface area contributed by atoms with Gasteiger partial charge in [-0.25, -0.2) is 4.39 Å². The number of rotatable bonds is 3. The Bertz CT molecular complexity index is 835. The largest absolute Gasteiger partial charge is 0.438 e. The van der Waals surface area contributed by atoms with Crippen molar-refractivity contribution in [2.75, 3.05) is 0 Å². The van der Waals surface area contributed by atoms with Crippen molar-refractivity contribution in [1.82, 2.24) is 5.01 Å². The number of amides is 1. The van der Waals surface area contributed by atoms with Crippen molar-refractivity contribution in [3.63, 3.8) is 0 Å². The SMILES string of the molecule is O=C(Cc1ccccc1)N1N=C(c2ccc(F)cc2)CC1(O)C(F)(F)F. The Labute approximate surface area is 146 Å². The fraction of sp³-hybridized carbons (Fsp3) is 0.222. The van der Waals surface area contributed by atoms with Crippen molar-refractivity contribution in [2.24, 2.45) is 5.10 Å². The number of alkyl halides is 3. The van der Waals surface area contributed by atoms with Gasteiger partial charge in [-0.2, -0.15) is 23.3 Å². The molecular weight excluding hydrogens is 352 g/mol. The molecule has 1 amide bonds. The molecule has 0 radical (unpaired) electrons. The molecule has 0 saturated heterocycles. The van der Waals surface area contributed by atoms with E-state index in [1.165, 1.54) is 12.1 Å². The molecule has 0 aromatic heterocycles. The van der Waals surface area contributed by atoms with E-state index in [-0.39, 0.29) is 22.7 Å². The predicted octanol–water partition coefficient (Wildman–Crippen LogP) is 3.26. The first-order chi connectivity index (χ1) is 12.2. The van der Waals surface area contributed by atoms with Crippen LogP contribution >= 0.6 is 0 Å². The molecule has 1 aliphatic rings. The van der Waals surface area contributed by atoms with Gasteiger partial charge in [0, 0.05) is 0 Å². The third-order valence-electron chi connectivity index (χ3n) is 4.05. The molecule has 0 bridgehead atoms. The van der Waals surface area contributed by atoms with Crippen LogP contribution < -0.4 is 0 Å². The highest BCUT2D eigenvalue weighted by atomic mass is 19.4. The number of benzene rings is 2. The number of nitrogens with zero attached hydrogens (tertiary/aromatic N) is 2. The van der Waals surface area contributed by atoms with Gasteiger partial charge in [0.25, 0.3) is 5.72 Å².